The van der Waals surface area contributed by atoms with Crippen LogP contribution in [-0.2, 0) is 6.42 Å². The summed E-state index contributed by atoms with van der Waals surface area (Å²) in [7, 11) is 1.61. The highest BCUT2D eigenvalue weighted by Gasteiger charge is 2.14. The summed E-state index contributed by atoms with van der Waals surface area (Å²) in [4.78, 5) is 0.920. The van der Waals surface area contributed by atoms with Crippen molar-refractivity contribution in [3.63, 3.8) is 0 Å². The van der Waals surface area contributed by atoms with Gasteiger partial charge in [-0.25, -0.2) is 0 Å². The number of hydrogen-bond acceptors (Lipinski definition) is 3. The van der Waals surface area contributed by atoms with Gasteiger partial charge in [0.25, 0.3) is 0 Å². The predicted molar refractivity (Wildman–Crippen MR) is 78.7 cm³/mol. The van der Waals surface area contributed by atoms with E-state index in [0.717, 1.165) is 20.0 Å². The Morgan fingerprint density at radius 3 is 2.78 bits per heavy atom. The molecule has 0 fully saturated rings. The van der Waals surface area contributed by atoms with E-state index in [0.29, 0.717) is 11.4 Å². The van der Waals surface area contributed by atoms with E-state index in [1.165, 1.54) is 11.3 Å². The fourth-order valence-electron chi connectivity index (χ4n) is 1.72. The van der Waals surface area contributed by atoms with Crippen molar-refractivity contribution in [2.75, 3.05) is 7.11 Å². The molecule has 2 aromatic rings. The summed E-state index contributed by atoms with van der Waals surface area (Å²) in [6, 6.07) is 9.26. The molecule has 0 amide bonds. The van der Waals surface area contributed by atoms with Crippen molar-refractivity contribution in [1.29, 1.82) is 0 Å². The smallest absolute Gasteiger partial charge is 0.122 e. The van der Waals surface area contributed by atoms with Crippen molar-refractivity contribution in [3.8, 4) is 5.75 Å². The number of methoxy groups -OCH3 is 1. The molecule has 1 atom stereocenters. The summed E-state index contributed by atoms with van der Waals surface area (Å²) in [6.45, 7) is 0. The number of aliphatic hydroxyl groups is 1. The van der Waals surface area contributed by atoms with Gasteiger partial charge in [0.15, 0.2) is 0 Å². The first kappa shape index (κ1) is 13.9. The Balaban J connectivity index is 2.20. The van der Waals surface area contributed by atoms with E-state index in [1.54, 1.807) is 13.2 Å². The highest BCUT2D eigenvalue weighted by Crippen LogP contribution is 2.32. The summed E-state index contributed by atoms with van der Waals surface area (Å²) in [5.74, 6) is 0.745. The third-order valence-electron chi connectivity index (χ3n) is 2.58. The minimum absolute atomic E-state index is 0.483. The molecule has 0 aliphatic heterocycles. The standard InChI is InChI=1S/C13H12BrClO2S/c1-17-11-3-2-9(15)6-8(11)7-10(16)12-4-5-13(14)18-12/h2-6,10,16H,7H2,1H3. The summed E-state index contributed by atoms with van der Waals surface area (Å²) < 4.78 is 6.28. The van der Waals surface area contributed by atoms with Crippen LogP contribution in [0.4, 0.5) is 0 Å². The van der Waals surface area contributed by atoms with Gasteiger partial charge in [-0.05, 0) is 51.8 Å². The second-order valence-corrected chi connectivity index (χ2v) is 6.75. The minimum atomic E-state index is -0.548. The maximum absolute atomic E-state index is 10.2. The summed E-state index contributed by atoms with van der Waals surface area (Å²) in [5.41, 5.74) is 0.905. The Labute approximate surface area is 123 Å². The molecule has 0 saturated carbocycles. The molecule has 1 unspecified atom stereocenters. The molecule has 0 aliphatic rings. The molecule has 0 saturated heterocycles. The van der Waals surface area contributed by atoms with E-state index in [-0.39, 0.29) is 0 Å². The molecule has 18 heavy (non-hydrogen) atoms. The molecule has 96 valence electrons. The maximum atomic E-state index is 10.2. The van der Waals surface area contributed by atoms with Crippen LogP contribution >= 0.6 is 38.9 Å². The lowest BCUT2D eigenvalue weighted by Gasteiger charge is -2.12. The zero-order valence-corrected chi connectivity index (χ0v) is 12.8. The Bertz CT molecular complexity index is 542. The summed E-state index contributed by atoms with van der Waals surface area (Å²) in [6.07, 6.45) is -0.0647. The lowest BCUT2D eigenvalue weighted by atomic mass is 10.1. The molecule has 2 nitrogen and oxygen atoms in total. The van der Waals surface area contributed by atoms with Crippen molar-refractivity contribution < 1.29 is 9.84 Å². The quantitative estimate of drug-likeness (QED) is 0.885. The van der Waals surface area contributed by atoms with Crippen molar-refractivity contribution >= 4 is 38.9 Å². The molecule has 1 N–H and O–H groups in total. The highest BCUT2D eigenvalue weighted by atomic mass is 79.9. The Morgan fingerprint density at radius 2 is 2.17 bits per heavy atom. The summed E-state index contributed by atoms with van der Waals surface area (Å²) in [5, 5.41) is 10.8. The molecular formula is C13H12BrClO2S. The molecule has 1 heterocycles. The largest absolute Gasteiger partial charge is 0.496 e. The summed E-state index contributed by atoms with van der Waals surface area (Å²) >= 11 is 10.9. The van der Waals surface area contributed by atoms with E-state index in [1.807, 2.05) is 24.3 Å². The number of hydrogen-bond donors (Lipinski definition) is 1. The van der Waals surface area contributed by atoms with Crippen LogP contribution in [0.1, 0.15) is 16.5 Å². The van der Waals surface area contributed by atoms with Crippen molar-refractivity contribution in [1.82, 2.24) is 0 Å². The van der Waals surface area contributed by atoms with Gasteiger partial charge in [0, 0.05) is 16.3 Å². The molecule has 0 aliphatic carbocycles. The zero-order chi connectivity index (χ0) is 13.1. The van der Waals surface area contributed by atoms with Gasteiger partial charge in [-0.15, -0.1) is 11.3 Å². The lowest BCUT2D eigenvalue weighted by Crippen LogP contribution is -2.01. The SMILES string of the molecule is COc1ccc(Cl)cc1CC(O)c1ccc(Br)s1. The normalized spacial score (nSPS) is 12.4. The molecule has 2 rings (SSSR count). The number of aliphatic hydroxyl groups excluding tert-OH is 1. The van der Waals surface area contributed by atoms with Crippen LogP contribution in [-0.4, -0.2) is 12.2 Å². The number of ether oxygens (including phenoxy) is 1. The molecule has 0 bridgehead atoms. The topological polar surface area (TPSA) is 29.5 Å². The minimum Gasteiger partial charge on any atom is -0.496 e. The van der Waals surface area contributed by atoms with Gasteiger partial charge in [-0.2, -0.15) is 0 Å². The van der Waals surface area contributed by atoms with Crippen LogP contribution in [0.15, 0.2) is 34.1 Å². The first-order valence-corrected chi connectivity index (χ1v) is 7.34. The first-order chi connectivity index (χ1) is 8.60. The van der Waals surface area contributed by atoms with Gasteiger partial charge in [-0.1, -0.05) is 11.6 Å². The van der Waals surface area contributed by atoms with Crippen molar-refractivity contribution in [2.45, 2.75) is 12.5 Å². The van der Waals surface area contributed by atoms with Gasteiger partial charge in [0.2, 0.25) is 0 Å². The van der Waals surface area contributed by atoms with Crippen molar-refractivity contribution in [3.05, 3.63) is 49.6 Å². The third-order valence-corrected chi connectivity index (χ3v) is 4.54. The van der Waals surface area contributed by atoms with E-state index in [2.05, 4.69) is 15.9 Å². The molecule has 5 heteroatoms. The molecule has 0 spiro atoms. The monoisotopic (exact) mass is 346 g/mol. The van der Waals surface area contributed by atoms with Gasteiger partial charge < -0.3 is 9.84 Å². The van der Waals surface area contributed by atoms with Crippen LogP contribution in [0, 0.1) is 0 Å². The van der Waals surface area contributed by atoms with E-state index < -0.39 is 6.10 Å². The Hall–Kier alpha value is -0.550. The molecule has 1 aromatic heterocycles. The van der Waals surface area contributed by atoms with Gasteiger partial charge >= 0.3 is 0 Å². The lowest BCUT2D eigenvalue weighted by molar-refractivity contribution is 0.181. The van der Waals surface area contributed by atoms with Crippen LogP contribution in [0.2, 0.25) is 5.02 Å². The van der Waals surface area contributed by atoms with Gasteiger partial charge in [0.05, 0.1) is 17.0 Å². The van der Waals surface area contributed by atoms with E-state index in [9.17, 15) is 5.11 Å². The molecular weight excluding hydrogens is 336 g/mol. The van der Waals surface area contributed by atoms with Crippen LogP contribution < -0.4 is 4.74 Å². The van der Waals surface area contributed by atoms with Gasteiger partial charge in [-0.3, -0.25) is 0 Å². The van der Waals surface area contributed by atoms with Gasteiger partial charge in [0.1, 0.15) is 5.75 Å². The second kappa shape index (κ2) is 6.06. The third kappa shape index (κ3) is 3.26. The maximum Gasteiger partial charge on any atom is 0.122 e. The Morgan fingerprint density at radius 1 is 1.39 bits per heavy atom. The Kier molecular flexibility index (Phi) is 4.67. The fourth-order valence-corrected chi connectivity index (χ4v) is 3.33. The second-order valence-electron chi connectivity index (χ2n) is 3.82. The van der Waals surface area contributed by atoms with Crippen molar-refractivity contribution in [2.24, 2.45) is 0 Å². The number of halogens is 2. The molecule has 0 radical (unpaired) electrons. The predicted octanol–water partition coefficient (Wildman–Crippen LogP) is 4.45. The molecule has 1 aromatic carbocycles. The zero-order valence-electron chi connectivity index (χ0n) is 9.69. The number of thiophene rings is 1. The number of rotatable bonds is 4. The van der Waals surface area contributed by atoms with E-state index in [4.69, 9.17) is 16.3 Å². The fraction of sp³-hybridized carbons (Fsp3) is 0.231. The first-order valence-electron chi connectivity index (χ1n) is 5.36. The average molecular weight is 348 g/mol. The van der Waals surface area contributed by atoms with Crippen LogP contribution in [0.25, 0.3) is 0 Å². The number of benzene rings is 1. The highest BCUT2D eigenvalue weighted by molar-refractivity contribution is 9.11. The van der Waals surface area contributed by atoms with Crippen LogP contribution in [0.3, 0.4) is 0 Å². The average Bonchev–Trinajstić information content (AvgIpc) is 2.76. The van der Waals surface area contributed by atoms with E-state index >= 15 is 0 Å². The van der Waals surface area contributed by atoms with Crippen LogP contribution in [0.5, 0.6) is 5.75 Å².